The summed E-state index contributed by atoms with van der Waals surface area (Å²) in [7, 11) is 0. The summed E-state index contributed by atoms with van der Waals surface area (Å²) in [6, 6.07) is 10.5. The van der Waals surface area contributed by atoms with Crippen molar-refractivity contribution in [1.82, 2.24) is 0 Å². The number of nitrogens with zero attached hydrogens (tertiary/aromatic N) is 1. The molecule has 0 bridgehead atoms. The molecule has 0 fully saturated rings. The summed E-state index contributed by atoms with van der Waals surface area (Å²) in [5.41, 5.74) is -1.46. The molecule has 3 heteroatoms. The van der Waals surface area contributed by atoms with Crippen LogP contribution in [0.3, 0.4) is 0 Å². The Bertz CT molecular complexity index is 255. The normalized spacial score (nSPS) is 12.0. The largest absolute Gasteiger partial charge is 0.236 e. The minimum Gasteiger partial charge on any atom is -0.218 e. The van der Waals surface area contributed by atoms with Crippen LogP contribution in [0.5, 0.6) is 0 Å². The van der Waals surface area contributed by atoms with Crippen LogP contribution in [0.4, 0.5) is 4.39 Å². The molecule has 0 aliphatic heterocycles. The summed E-state index contributed by atoms with van der Waals surface area (Å²) < 4.78 is 12.4. The molecule has 0 saturated carbocycles. The molecule has 0 spiro atoms. The van der Waals surface area contributed by atoms with Crippen LogP contribution in [0, 0.1) is 11.3 Å². The van der Waals surface area contributed by atoms with Gasteiger partial charge in [-0.25, -0.2) is 4.39 Å². The molecule has 56 valence electrons. The van der Waals surface area contributed by atoms with Crippen LogP contribution >= 0.6 is 11.8 Å². The molecular weight excluding hydrogens is 161 g/mol. The summed E-state index contributed by atoms with van der Waals surface area (Å²) >= 11 is 0.916. The second-order valence-corrected chi connectivity index (χ2v) is 3.00. The molecule has 0 amide bonds. The minimum absolute atomic E-state index is 0.779. The van der Waals surface area contributed by atoms with Gasteiger partial charge in [0.1, 0.15) is 6.07 Å². The van der Waals surface area contributed by atoms with Crippen molar-refractivity contribution in [3.8, 4) is 6.07 Å². The molecule has 1 aromatic rings. The number of hydrogen-bond donors (Lipinski definition) is 0. The number of thioether (sulfide) groups is 1. The van der Waals surface area contributed by atoms with E-state index >= 15 is 0 Å². The quantitative estimate of drug-likeness (QED) is 0.632. The van der Waals surface area contributed by atoms with E-state index in [1.807, 2.05) is 18.2 Å². The lowest BCUT2D eigenvalue weighted by Gasteiger charge is -1.97. The van der Waals surface area contributed by atoms with Gasteiger partial charge in [-0.05, 0) is 12.1 Å². The third-order valence-corrected chi connectivity index (χ3v) is 1.94. The van der Waals surface area contributed by atoms with Crippen LogP contribution in [0.1, 0.15) is 0 Å². The summed E-state index contributed by atoms with van der Waals surface area (Å²) in [6.07, 6.45) is 0. The highest BCUT2D eigenvalue weighted by atomic mass is 32.2. The van der Waals surface area contributed by atoms with Crippen LogP contribution < -0.4 is 0 Å². The Labute approximate surface area is 68.8 Å². The fourth-order valence-corrected chi connectivity index (χ4v) is 1.25. The fraction of sp³-hybridized carbons (Fsp3) is 0.125. The van der Waals surface area contributed by atoms with Gasteiger partial charge in [0.25, 0.3) is 0 Å². The first kappa shape index (κ1) is 8.09. The van der Waals surface area contributed by atoms with Crippen molar-refractivity contribution in [1.29, 1.82) is 5.26 Å². The summed E-state index contributed by atoms with van der Waals surface area (Å²) in [5, 5.41) is 8.15. The molecule has 0 saturated heterocycles. The predicted octanol–water partition coefficient (Wildman–Crippen LogP) is 2.60. The molecule has 0 aliphatic rings. The Hall–Kier alpha value is -1.01. The lowest BCUT2D eigenvalue weighted by Crippen LogP contribution is -1.85. The molecule has 0 radical (unpaired) electrons. The third-order valence-electron chi connectivity index (χ3n) is 1.08. The minimum atomic E-state index is -1.46. The van der Waals surface area contributed by atoms with Crippen molar-refractivity contribution in [2.75, 3.05) is 0 Å². The van der Waals surface area contributed by atoms with Gasteiger partial charge < -0.3 is 0 Å². The molecule has 1 nitrogen and oxygen atoms in total. The van der Waals surface area contributed by atoms with Crippen LogP contribution in [-0.2, 0) is 0 Å². The SMILES string of the molecule is N#C[C@H](F)Sc1ccccc1. The van der Waals surface area contributed by atoms with Crippen LogP contribution in [0.25, 0.3) is 0 Å². The second kappa shape index (κ2) is 3.99. The molecule has 0 unspecified atom stereocenters. The van der Waals surface area contributed by atoms with E-state index < -0.39 is 5.50 Å². The van der Waals surface area contributed by atoms with Crippen molar-refractivity contribution in [2.24, 2.45) is 0 Å². The van der Waals surface area contributed by atoms with Crippen LogP contribution in [0.2, 0.25) is 0 Å². The Balaban J connectivity index is 2.60. The maximum absolute atomic E-state index is 12.4. The Morgan fingerprint density at radius 1 is 1.36 bits per heavy atom. The van der Waals surface area contributed by atoms with E-state index in [0.717, 1.165) is 16.7 Å². The smallest absolute Gasteiger partial charge is 0.218 e. The van der Waals surface area contributed by atoms with Crippen LogP contribution in [-0.4, -0.2) is 5.50 Å². The van der Waals surface area contributed by atoms with E-state index in [2.05, 4.69) is 0 Å². The Morgan fingerprint density at radius 2 is 2.00 bits per heavy atom. The lowest BCUT2D eigenvalue weighted by molar-refractivity contribution is 0.528. The zero-order chi connectivity index (χ0) is 8.10. The molecule has 1 rings (SSSR count). The van der Waals surface area contributed by atoms with Gasteiger partial charge in [0.15, 0.2) is 0 Å². The predicted molar refractivity (Wildman–Crippen MR) is 42.8 cm³/mol. The molecule has 1 atom stereocenters. The van der Waals surface area contributed by atoms with Gasteiger partial charge in [-0.1, -0.05) is 30.0 Å². The van der Waals surface area contributed by atoms with Gasteiger partial charge in [-0.15, -0.1) is 0 Å². The third kappa shape index (κ3) is 2.60. The maximum atomic E-state index is 12.4. The van der Waals surface area contributed by atoms with E-state index in [1.54, 1.807) is 12.1 Å². The zero-order valence-corrected chi connectivity index (χ0v) is 6.51. The van der Waals surface area contributed by atoms with E-state index in [4.69, 9.17) is 5.26 Å². The van der Waals surface area contributed by atoms with Gasteiger partial charge in [0, 0.05) is 4.90 Å². The first-order chi connectivity index (χ1) is 5.33. The van der Waals surface area contributed by atoms with Crippen molar-refractivity contribution in [2.45, 2.75) is 10.4 Å². The molecule has 0 aromatic heterocycles. The van der Waals surface area contributed by atoms with E-state index in [0.29, 0.717) is 0 Å². The topological polar surface area (TPSA) is 23.8 Å². The van der Waals surface area contributed by atoms with Gasteiger partial charge >= 0.3 is 0 Å². The average molecular weight is 167 g/mol. The van der Waals surface area contributed by atoms with Crippen LogP contribution in [0.15, 0.2) is 35.2 Å². The second-order valence-electron chi connectivity index (χ2n) is 1.88. The first-order valence-corrected chi connectivity index (χ1v) is 3.96. The number of halogens is 1. The monoisotopic (exact) mass is 167 g/mol. The van der Waals surface area contributed by atoms with Crippen molar-refractivity contribution >= 4 is 11.8 Å². The molecular formula is C8H6FNS. The highest BCUT2D eigenvalue weighted by Gasteiger charge is 2.04. The fourth-order valence-electron chi connectivity index (χ4n) is 0.645. The number of benzene rings is 1. The van der Waals surface area contributed by atoms with Gasteiger partial charge in [-0.2, -0.15) is 5.26 Å². The average Bonchev–Trinajstić information content (AvgIpc) is 2.06. The number of alkyl halides is 1. The van der Waals surface area contributed by atoms with Crippen molar-refractivity contribution in [3.05, 3.63) is 30.3 Å². The Morgan fingerprint density at radius 3 is 2.55 bits per heavy atom. The van der Waals surface area contributed by atoms with E-state index in [-0.39, 0.29) is 0 Å². The van der Waals surface area contributed by atoms with Crippen molar-refractivity contribution < 1.29 is 4.39 Å². The summed E-state index contributed by atoms with van der Waals surface area (Å²) in [5.74, 6) is 0. The van der Waals surface area contributed by atoms with Gasteiger partial charge in [0.05, 0.1) is 0 Å². The number of nitriles is 1. The highest BCUT2D eigenvalue weighted by Crippen LogP contribution is 2.22. The lowest BCUT2D eigenvalue weighted by atomic mass is 10.4. The highest BCUT2D eigenvalue weighted by molar-refractivity contribution is 8.00. The molecule has 0 N–H and O–H groups in total. The van der Waals surface area contributed by atoms with E-state index in [9.17, 15) is 4.39 Å². The molecule has 1 aromatic carbocycles. The molecule has 0 heterocycles. The summed E-state index contributed by atoms with van der Waals surface area (Å²) in [4.78, 5) is 0.779. The maximum Gasteiger partial charge on any atom is 0.236 e. The van der Waals surface area contributed by atoms with Gasteiger partial charge in [0.2, 0.25) is 5.50 Å². The van der Waals surface area contributed by atoms with E-state index in [1.165, 1.54) is 6.07 Å². The van der Waals surface area contributed by atoms with Gasteiger partial charge in [-0.3, -0.25) is 0 Å². The standard InChI is InChI=1S/C8H6FNS/c9-8(6-10)11-7-4-2-1-3-5-7/h1-5,8H/t8-/m1/s1. The number of rotatable bonds is 2. The summed E-state index contributed by atoms with van der Waals surface area (Å²) in [6.45, 7) is 0. The number of hydrogen-bond acceptors (Lipinski definition) is 2. The zero-order valence-electron chi connectivity index (χ0n) is 5.70. The first-order valence-electron chi connectivity index (χ1n) is 3.08. The van der Waals surface area contributed by atoms with Crippen molar-refractivity contribution in [3.63, 3.8) is 0 Å². The Kier molecular flexibility index (Phi) is 2.94. The molecule has 11 heavy (non-hydrogen) atoms. The molecule has 0 aliphatic carbocycles.